The van der Waals surface area contributed by atoms with Gasteiger partial charge in [-0.2, -0.15) is 0 Å². The molecule has 0 saturated heterocycles. The Morgan fingerprint density at radius 1 is 1.39 bits per heavy atom. The molecule has 0 saturated carbocycles. The van der Waals surface area contributed by atoms with Crippen LogP contribution in [-0.2, 0) is 11.2 Å². The van der Waals surface area contributed by atoms with Crippen LogP contribution in [0.3, 0.4) is 0 Å². The smallest absolute Gasteiger partial charge is 0.242 e. The van der Waals surface area contributed by atoms with Crippen LogP contribution >= 0.6 is 0 Å². The number of para-hydroxylation sites is 1. The first-order valence-corrected chi connectivity index (χ1v) is 6.45. The van der Waals surface area contributed by atoms with Crippen molar-refractivity contribution in [3.63, 3.8) is 0 Å². The molecule has 98 valence electrons. The van der Waals surface area contributed by atoms with Gasteiger partial charge in [-0.3, -0.25) is 4.79 Å². The molecule has 0 aliphatic carbocycles. The van der Waals surface area contributed by atoms with Crippen molar-refractivity contribution in [2.75, 3.05) is 17.2 Å². The van der Waals surface area contributed by atoms with E-state index in [-0.39, 0.29) is 18.0 Å². The molecule has 3 N–H and O–H groups in total. The molecule has 4 nitrogen and oxygen atoms in total. The first kappa shape index (κ1) is 12.7. The predicted octanol–water partition coefficient (Wildman–Crippen LogP) is 1.54. The number of hydrogen-bond donors (Lipinski definition) is 2. The standard InChI is InChI=1S/C14H21N3O/c1-9(2)16-14(18)10(3)17-8-7-11-5-4-6-12(15)13(11)17/h4-6,9-10H,7-8,15H2,1-3H3,(H,16,18). The number of benzene rings is 1. The average molecular weight is 247 g/mol. The Hall–Kier alpha value is -1.71. The van der Waals surface area contributed by atoms with Gasteiger partial charge in [0.25, 0.3) is 0 Å². The molecule has 0 fully saturated rings. The van der Waals surface area contributed by atoms with Crippen molar-refractivity contribution in [2.45, 2.75) is 39.3 Å². The van der Waals surface area contributed by atoms with E-state index in [2.05, 4.69) is 16.3 Å². The summed E-state index contributed by atoms with van der Waals surface area (Å²) in [5, 5.41) is 2.95. The lowest BCUT2D eigenvalue weighted by Crippen LogP contribution is -2.46. The molecule has 1 amide bonds. The fourth-order valence-corrected chi connectivity index (χ4v) is 2.45. The Morgan fingerprint density at radius 3 is 2.78 bits per heavy atom. The molecule has 0 radical (unpaired) electrons. The van der Waals surface area contributed by atoms with E-state index >= 15 is 0 Å². The van der Waals surface area contributed by atoms with E-state index in [9.17, 15) is 4.79 Å². The molecular weight excluding hydrogens is 226 g/mol. The Morgan fingerprint density at radius 2 is 2.11 bits per heavy atom. The molecule has 0 bridgehead atoms. The van der Waals surface area contributed by atoms with E-state index in [0.717, 1.165) is 24.3 Å². The Labute approximate surface area is 108 Å². The molecule has 1 aromatic rings. The van der Waals surface area contributed by atoms with Gasteiger partial charge in [-0.25, -0.2) is 0 Å². The molecule has 18 heavy (non-hydrogen) atoms. The molecule has 1 aliphatic rings. The van der Waals surface area contributed by atoms with Crippen LogP contribution in [0.5, 0.6) is 0 Å². The van der Waals surface area contributed by atoms with Crippen LogP contribution in [0.15, 0.2) is 18.2 Å². The number of nitrogens with one attached hydrogen (secondary N) is 1. The SMILES string of the molecule is CC(C)NC(=O)C(C)N1CCc2cccc(N)c21. The second-order valence-electron chi connectivity index (χ2n) is 5.14. The number of carbonyl (C=O) groups is 1. The molecule has 2 rings (SSSR count). The lowest BCUT2D eigenvalue weighted by atomic mass is 10.1. The zero-order chi connectivity index (χ0) is 13.3. The van der Waals surface area contributed by atoms with Crippen molar-refractivity contribution in [2.24, 2.45) is 0 Å². The highest BCUT2D eigenvalue weighted by atomic mass is 16.2. The number of carbonyl (C=O) groups excluding carboxylic acids is 1. The van der Waals surface area contributed by atoms with Gasteiger partial charge < -0.3 is 16.0 Å². The number of nitrogens with two attached hydrogens (primary N) is 1. The van der Waals surface area contributed by atoms with Crippen molar-refractivity contribution < 1.29 is 4.79 Å². The second-order valence-corrected chi connectivity index (χ2v) is 5.14. The summed E-state index contributed by atoms with van der Waals surface area (Å²) < 4.78 is 0. The number of hydrogen-bond acceptors (Lipinski definition) is 3. The molecule has 0 spiro atoms. The third-order valence-corrected chi connectivity index (χ3v) is 3.34. The van der Waals surface area contributed by atoms with Gasteiger partial charge in [0.1, 0.15) is 6.04 Å². The van der Waals surface area contributed by atoms with Crippen LogP contribution in [0.2, 0.25) is 0 Å². The van der Waals surface area contributed by atoms with Crippen molar-refractivity contribution >= 4 is 17.3 Å². The molecule has 1 heterocycles. The maximum absolute atomic E-state index is 12.1. The predicted molar refractivity (Wildman–Crippen MR) is 74.6 cm³/mol. The number of anilines is 2. The molecule has 4 heteroatoms. The highest BCUT2D eigenvalue weighted by Gasteiger charge is 2.29. The van der Waals surface area contributed by atoms with E-state index in [1.165, 1.54) is 5.56 Å². The van der Waals surface area contributed by atoms with Crippen molar-refractivity contribution in [1.82, 2.24) is 5.32 Å². The summed E-state index contributed by atoms with van der Waals surface area (Å²) in [7, 11) is 0. The largest absolute Gasteiger partial charge is 0.397 e. The lowest BCUT2D eigenvalue weighted by molar-refractivity contribution is -0.122. The van der Waals surface area contributed by atoms with Crippen molar-refractivity contribution in [1.29, 1.82) is 0 Å². The Balaban J connectivity index is 2.20. The molecule has 0 aromatic heterocycles. The summed E-state index contributed by atoms with van der Waals surface area (Å²) in [5.41, 5.74) is 9.05. The minimum atomic E-state index is -0.182. The summed E-state index contributed by atoms with van der Waals surface area (Å²) in [5.74, 6) is 0.0566. The fraction of sp³-hybridized carbons (Fsp3) is 0.500. The minimum Gasteiger partial charge on any atom is -0.397 e. The van der Waals surface area contributed by atoms with Crippen molar-refractivity contribution in [3.8, 4) is 0 Å². The summed E-state index contributed by atoms with van der Waals surface area (Å²) in [6.07, 6.45) is 0.958. The molecule has 1 aliphatic heterocycles. The topological polar surface area (TPSA) is 58.4 Å². The zero-order valence-electron chi connectivity index (χ0n) is 11.2. The van der Waals surface area contributed by atoms with Crippen LogP contribution in [0, 0.1) is 0 Å². The van der Waals surface area contributed by atoms with E-state index in [1.54, 1.807) is 0 Å². The third-order valence-electron chi connectivity index (χ3n) is 3.34. The highest BCUT2D eigenvalue weighted by molar-refractivity contribution is 5.88. The summed E-state index contributed by atoms with van der Waals surface area (Å²) in [4.78, 5) is 14.2. The lowest BCUT2D eigenvalue weighted by Gasteiger charge is -2.28. The first-order chi connectivity index (χ1) is 8.50. The summed E-state index contributed by atoms with van der Waals surface area (Å²) >= 11 is 0. The minimum absolute atomic E-state index is 0.0566. The van der Waals surface area contributed by atoms with Crippen LogP contribution < -0.4 is 16.0 Å². The van der Waals surface area contributed by atoms with Gasteiger partial charge in [0.2, 0.25) is 5.91 Å². The normalized spacial score (nSPS) is 15.7. The van der Waals surface area contributed by atoms with E-state index in [4.69, 9.17) is 5.73 Å². The van der Waals surface area contributed by atoms with Gasteiger partial charge in [0.05, 0.1) is 11.4 Å². The van der Waals surface area contributed by atoms with Gasteiger partial charge in [-0.05, 0) is 38.8 Å². The maximum atomic E-state index is 12.1. The van der Waals surface area contributed by atoms with Crippen LogP contribution in [0.1, 0.15) is 26.3 Å². The van der Waals surface area contributed by atoms with E-state index in [1.807, 2.05) is 32.9 Å². The van der Waals surface area contributed by atoms with Gasteiger partial charge >= 0.3 is 0 Å². The number of nitrogen functional groups attached to an aromatic ring is 1. The maximum Gasteiger partial charge on any atom is 0.242 e. The van der Waals surface area contributed by atoms with Crippen LogP contribution in [0.25, 0.3) is 0 Å². The fourth-order valence-electron chi connectivity index (χ4n) is 2.45. The first-order valence-electron chi connectivity index (χ1n) is 6.45. The number of amides is 1. The monoisotopic (exact) mass is 247 g/mol. The number of nitrogens with zero attached hydrogens (tertiary/aromatic N) is 1. The zero-order valence-corrected chi connectivity index (χ0v) is 11.2. The number of rotatable bonds is 3. The summed E-state index contributed by atoms with van der Waals surface area (Å²) in [6.45, 7) is 6.73. The van der Waals surface area contributed by atoms with Crippen LogP contribution in [-0.4, -0.2) is 24.5 Å². The van der Waals surface area contributed by atoms with Gasteiger partial charge in [0.15, 0.2) is 0 Å². The Bertz CT molecular complexity index is 456. The van der Waals surface area contributed by atoms with Gasteiger partial charge in [0, 0.05) is 12.6 Å². The van der Waals surface area contributed by atoms with Gasteiger partial charge in [-0.1, -0.05) is 12.1 Å². The third kappa shape index (κ3) is 2.28. The highest BCUT2D eigenvalue weighted by Crippen LogP contribution is 2.34. The van der Waals surface area contributed by atoms with E-state index in [0.29, 0.717) is 0 Å². The quantitative estimate of drug-likeness (QED) is 0.797. The number of fused-ring (bicyclic) bond motifs is 1. The molecular formula is C14H21N3O. The second kappa shape index (κ2) is 4.88. The van der Waals surface area contributed by atoms with Gasteiger partial charge in [-0.15, -0.1) is 0 Å². The molecule has 1 unspecified atom stereocenters. The summed E-state index contributed by atoms with van der Waals surface area (Å²) in [6, 6.07) is 5.92. The Kier molecular flexibility index (Phi) is 3.45. The molecule has 1 aromatic carbocycles. The molecule has 1 atom stereocenters. The van der Waals surface area contributed by atoms with E-state index < -0.39 is 0 Å². The van der Waals surface area contributed by atoms with Crippen LogP contribution in [0.4, 0.5) is 11.4 Å². The average Bonchev–Trinajstić information content (AvgIpc) is 2.72. The van der Waals surface area contributed by atoms with Crippen molar-refractivity contribution in [3.05, 3.63) is 23.8 Å².